The summed E-state index contributed by atoms with van der Waals surface area (Å²) in [5.74, 6) is -0.591. The standard InChI is InChI=1S/C17H19FN4O/c18-16-5-3-15(4-6-16)17(23)22-10-8-21(9-11-22)13-14(12-20)2-1-7-19/h3-6,14H,1-2,8-11,13H2/t14-/m0/s1. The van der Waals surface area contributed by atoms with Gasteiger partial charge in [-0.1, -0.05) is 0 Å². The highest BCUT2D eigenvalue weighted by Crippen LogP contribution is 2.13. The topological polar surface area (TPSA) is 71.1 Å². The fourth-order valence-corrected chi connectivity index (χ4v) is 2.66. The number of piperazine rings is 1. The first kappa shape index (κ1) is 16.9. The Hall–Kier alpha value is -2.44. The number of nitrogens with zero attached hydrogens (tertiary/aromatic N) is 4. The first-order valence-corrected chi connectivity index (χ1v) is 7.68. The lowest BCUT2D eigenvalue weighted by Crippen LogP contribution is -2.49. The quantitative estimate of drug-likeness (QED) is 0.833. The third-order valence-electron chi connectivity index (χ3n) is 4.02. The van der Waals surface area contributed by atoms with Crippen LogP contribution in [0.2, 0.25) is 0 Å². The summed E-state index contributed by atoms with van der Waals surface area (Å²) in [5.41, 5.74) is 0.490. The Kier molecular flexibility index (Phi) is 6.08. The molecule has 0 saturated carbocycles. The van der Waals surface area contributed by atoms with Gasteiger partial charge < -0.3 is 4.90 Å². The van der Waals surface area contributed by atoms with Gasteiger partial charge in [0.2, 0.25) is 0 Å². The minimum atomic E-state index is -0.355. The zero-order chi connectivity index (χ0) is 16.7. The van der Waals surface area contributed by atoms with Gasteiger partial charge in [0.15, 0.2) is 0 Å². The molecule has 0 aromatic heterocycles. The van der Waals surface area contributed by atoms with Gasteiger partial charge in [0.25, 0.3) is 5.91 Å². The summed E-state index contributed by atoms with van der Waals surface area (Å²) in [5, 5.41) is 17.7. The van der Waals surface area contributed by atoms with E-state index >= 15 is 0 Å². The van der Waals surface area contributed by atoms with Crippen LogP contribution >= 0.6 is 0 Å². The molecule has 1 heterocycles. The molecule has 1 amide bonds. The van der Waals surface area contributed by atoms with Crippen LogP contribution in [-0.4, -0.2) is 48.4 Å². The third-order valence-corrected chi connectivity index (χ3v) is 4.02. The molecule has 1 saturated heterocycles. The summed E-state index contributed by atoms with van der Waals surface area (Å²) in [7, 11) is 0. The summed E-state index contributed by atoms with van der Waals surface area (Å²) in [4.78, 5) is 16.2. The first-order chi connectivity index (χ1) is 11.1. The predicted molar refractivity (Wildman–Crippen MR) is 82.7 cm³/mol. The van der Waals surface area contributed by atoms with Gasteiger partial charge in [0.05, 0.1) is 18.1 Å². The molecule has 120 valence electrons. The second-order valence-electron chi connectivity index (χ2n) is 5.62. The molecule has 1 atom stereocenters. The van der Waals surface area contributed by atoms with Crippen LogP contribution in [0.1, 0.15) is 23.2 Å². The summed E-state index contributed by atoms with van der Waals surface area (Å²) in [6.07, 6.45) is 0.975. The Balaban J connectivity index is 1.84. The molecular formula is C17H19FN4O. The average molecular weight is 314 g/mol. The van der Waals surface area contributed by atoms with Crippen LogP contribution in [0, 0.1) is 34.4 Å². The molecule has 23 heavy (non-hydrogen) atoms. The number of hydrogen-bond acceptors (Lipinski definition) is 4. The van der Waals surface area contributed by atoms with E-state index in [-0.39, 0.29) is 17.6 Å². The van der Waals surface area contributed by atoms with Gasteiger partial charge in [-0.05, 0) is 30.7 Å². The molecule has 0 radical (unpaired) electrons. The monoisotopic (exact) mass is 314 g/mol. The normalized spacial score (nSPS) is 16.4. The lowest BCUT2D eigenvalue weighted by Gasteiger charge is -2.35. The van der Waals surface area contributed by atoms with Crippen LogP contribution in [0.4, 0.5) is 4.39 Å². The van der Waals surface area contributed by atoms with Crippen molar-refractivity contribution in [3.05, 3.63) is 35.6 Å². The predicted octanol–water partition coefficient (Wildman–Crippen LogP) is 2.03. The Bertz CT molecular complexity index is 609. The van der Waals surface area contributed by atoms with E-state index in [0.29, 0.717) is 51.1 Å². The van der Waals surface area contributed by atoms with Gasteiger partial charge in [-0.15, -0.1) is 0 Å². The molecule has 1 aromatic rings. The minimum absolute atomic E-state index is 0.0917. The maximum atomic E-state index is 12.9. The second kappa shape index (κ2) is 8.26. The molecule has 0 N–H and O–H groups in total. The van der Waals surface area contributed by atoms with Gasteiger partial charge in [-0.2, -0.15) is 10.5 Å². The molecule has 1 aromatic carbocycles. The number of nitriles is 2. The molecule has 1 aliphatic rings. The molecule has 0 unspecified atom stereocenters. The fourth-order valence-electron chi connectivity index (χ4n) is 2.66. The van der Waals surface area contributed by atoms with Gasteiger partial charge in [-0.25, -0.2) is 4.39 Å². The van der Waals surface area contributed by atoms with Crippen LogP contribution < -0.4 is 0 Å². The van der Waals surface area contributed by atoms with E-state index < -0.39 is 0 Å². The minimum Gasteiger partial charge on any atom is -0.336 e. The van der Waals surface area contributed by atoms with Gasteiger partial charge >= 0.3 is 0 Å². The lowest BCUT2D eigenvalue weighted by atomic mass is 10.0. The Morgan fingerprint density at radius 3 is 2.39 bits per heavy atom. The van der Waals surface area contributed by atoms with Gasteiger partial charge in [0, 0.05) is 44.7 Å². The highest BCUT2D eigenvalue weighted by Gasteiger charge is 2.23. The summed E-state index contributed by atoms with van der Waals surface area (Å²) < 4.78 is 12.9. The van der Waals surface area contributed by atoms with Crippen molar-refractivity contribution >= 4 is 5.91 Å². The van der Waals surface area contributed by atoms with Crippen LogP contribution in [0.25, 0.3) is 0 Å². The first-order valence-electron chi connectivity index (χ1n) is 7.68. The second-order valence-corrected chi connectivity index (χ2v) is 5.62. The van der Waals surface area contributed by atoms with Crippen molar-refractivity contribution in [1.29, 1.82) is 10.5 Å². The van der Waals surface area contributed by atoms with Gasteiger partial charge in [0.1, 0.15) is 5.82 Å². The maximum absolute atomic E-state index is 12.9. The molecule has 5 nitrogen and oxygen atoms in total. The third kappa shape index (κ3) is 4.77. The summed E-state index contributed by atoms with van der Waals surface area (Å²) in [6.45, 7) is 3.23. The maximum Gasteiger partial charge on any atom is 0.253 e. The largest absolute Gasteiger partial charge is 0.336 e. The fraction of sp³-hybridized carbons (Fsp3) is 0.471. The van der Waals surface area contributed by atoms with Crippen LogP contribution in [0.3, 0.4) is 0 Å². The number of halogens is 1. The lowest BCUT2D eigenvalue weighted by molar-refractivity contribution is 0.0625. The summed E-state index contributed by atoms with van der Waals surface area (Å²) in [6, 6.07) is 9.88. The van der Waals surface area contributed by atoms with E-state index in [1.54, 1.807) is 4.90 Å². The molecule has 1 fully saturated rings. The number of carbonyl (C=O) groups excluding carboxylic acids is 1. The van der Waals surface area contributed by atoms with Crippen molar-refractivity contribution in [2.45, 2.75) is 12.8 Å². The molecule has 6 heteroatoms. The van der Waals surface area contributed by atoms with Crippen molar-refractivity contribution in [2.24, 2.45) is 5.92 Å². The van der Waals surface area contributed by atoms with Crippen molar-refractivity contribution in [1.82, 2.24) is 9.80 Å². The van der Waals surface area contributed by atoms with Crippen molar-refractivity contribution in [2.75, 3.05) is 32.7 Å². The zero-order valence-corrected chi connectivity index (χ0v) is 12.9. The van der Waals surface area contributed by atoms with E-state index in [9.17, 15) is 9.18 Å². The van der Waals surface area contributed by atoms with Crippen molar-refractivity contribution in [3.8, 4) is 12.1 Å². The van der Waals surface area contributed by atoms with E-state index in [1.807, 2.05) is 0 Å². The van der Waals surface area contributed by atoms with E-state index in [2.05, 4.69) is 17.0 Å². The molecule has 0 aliphatic carbocycles. The zero-order valence-electron chi connectivity index (χ0n) is 12.9. The van der Waals surface area contributed by atoms with Crippen molar-refractivity contribution < 1.29 is 9.18 Å². The molecule has 2 rings (SSSR count). The Morgan fingerprint density at radius 1 is 1.17 bits per heavy atom. The van der Waals surface area contributed by atoms with E-state index in [4.69, 9.17) is 10.5 Å². The molecule has 0 spiro atoms. The van der Waals surface area contributed by atoms with Crippen LogP contribution in [0.15, 0.2) is 24.3 Å². The highest BCUT2D eigenvalue weighted by atomic mass is 19.1. The van der Waals surface area contributed by atoms with E-state index in [0.717, 1.165) is 0 Å². The van der Waals surface area contributed by atoms with Crippen molar-refractivity contribution in [3.63, 3.8) is 0 Å². The summed E-state index contributed by atoms with van der Waals surface area (Å²) >= 11 is 0. The van der Waals surface area contributed by atoms with Gasteiger partial charge in [-0.3, -0.25) is 9.69 Å². The number of hydrogen-bond donors (Lipinski definition) is 0. The number of amides is 1. The number of rotatable bonds is 5. The smallest absolute Gasteiger partial charge is 0.253 e. The molecule has 1 aliphatic heterocycles. The molecular weight excluding hydrogens is 295 g/mol. The molecule has 0 bridgehead atoms. The average Bonchev–Trinajstić information content (AvgIpc) is 2.59. The Morgan fingerprint density at radius 2 is 1.83 bits per heavy atom. The number of carbonyl (C=O) groups is 1. The van der Waals surface area contributed by atoms with Crippen LogP contribution in [-0.2, 0) is 0 Å². The highest BCUT2D eigenvalue weighted by molar-refractivity contribution is 5.94. The SMILES string of the molecule is N#CCC[C@@H](C#N)CN1CCN(C(=O)c2ccc(F)cc2)CC1. The number of benzene rings is 1. The van der Waals surface area contributed by atoms with Crippen LogP contribution in [0.5, 0.6) is 0 Å². The Labute approximate surface area is 135 Å². The van der Waals surface area contributed by atoms with E-state index in [1.165, 1.54) is 24.3 Å².